The first kappa shape index (κ1) is 21.2. The Morgan fingerprint density at radius 1 is 1.28 bits per heavy atom. The lowest BCUT2D eigenvalue weighted by atomic mass is 10.0. The van der Waals surface area contributed by atoms with E-state index in [0.29, 0.717) is 12.1 Å². The number of imide groups is 1. The van der Waals surface area contributed by atoms with Gasteiger partial charge >= 0.3 is 6.03 Å². The van der Waals surface area contributed by atoms with Gasteiger partial charge in [0.25, 0.3) is 0 Å². The standard InChI is InChI=1S/C20H27FN4O4/c1-14(19(27)22-7-2-8-24-9-11-29-12-10-24)25-18(26)13-17(23-20(25)28)15-3-5-16(21)6-4-15/h3-6,14,17H,2,7-13H2,1H3,(H,22,27)(H,23,28). The van der Waals surface area contributed by atoms with Gasteiger partial charge in [-0.25, -0.2) is 9.18 Å². The van der Waals surface area contributed by atoms with Crippen molar-refractivity contribution in [1.82, 2.24) is 20.4 Å². The summed E-state index contributed by atoms with van der Waals surface area (Å²) >= 11 is 0. The number of ether oxygens (including phenoxy) is 1. The second-order valence-electron chi connectivity index (χ2n) is 7.30. The molecular formula is C20H27FN4O4. The first-order valence-electron chi connectivity index (χ1n) is 9.91. The predicted octanol–water partition coefficient (Wildman–Crippen LogP) is 1.04. The molecule has 8 nitrogen and oxygen atoms in total. The van der Waals surface area contributed by atoms with Gasteiger partial charge in [0.1, 0.15) is 11.9 Å². The maximum absolute atomic E-state index is 13.1. The predicted molar refractivity (Wildman–Crippen MR) is 103 cm³/mol. The van der Waals surface area contributed by atoms with Crippen LogP contribution in [0, 0.1) is 5.82 Å². The highest BCUT2D eigenvalue weighted by molar-refractivity contribution is 6.01. The van der Waals surface area contributed by atoms with Crippen LogP contribution < -0.4 is 10.6 Å². The molecule has 2 unspecified atom stereocenters. The lowest BCUT2D eigenvalue weighted by molar-refractivity contribution is -0.138. The molecule has 0 radical (unpaired) electrons. The van der Waals surface area contributed by atoms with Crippen LogP contribution in [0.15, 0.2) is 24.3 Å². The van der Waals surface area contributed by atoms with Gasteiger partial charge in [0.05, 0.1) is 25.7 Å². The van der Waals surface area contributed by atoms with Gasteiger partial charge in [0, 0.05) is 19.6 Å². The van der Waals surface area contributed by atoms with E-state index in [1.807, 2.05) is 0 Å². The van der Waals surface area contributed by atoms with Crippen LogP contribution in [0.3, 0.4) is 0 Å². The minimum absolute atomic E-state index is 0.0199. The zero-order valence-corrected chi connectivity index (χ0v) is 16.5. The third-order valence-electron chi connectivity index (χ3n) is 5.26. The molecule has 0 bridgehead atoms. The molecule has 0 aromatic heterocycles. The monoisotopic (exact) mass is 406 g/mol. The third kappa shape index (κ3) is 5.51. The Balaban J connectivity index is 1.47. The van der Waals surface area contributed by atoms with E-state index in [0.717, 1.165) is 44.2 Å². The van der Waals surface area contributed by atoms with Crippen molar-refractivity contribution >= 4 is 17.8 Å². The number of hydrogen-bond donors (Lipinski definition) is 2. The Hall–Kier alpha value is -2.52. The average molecular weight is 406 g/mol. The van der Waals surface area contributed by atoms with Gasteiger partial charge in [-0.15, -0.1) is 0 Å². The van der Waals surface area contributed by atoms with E-state index < -0.39 is 24.0 Å². The molecule has 0 aliphatic carbocycles. The van der Waals surface area contributed by atoms with E-state index in [4.69, 9.17) is 4.74 Å². The number of morpholine rings is 1. The highest BCUT2D eigenvalue weighted by Crippen LogP contribution is 2.23. The van der Waals surface area contributed by atoms with Gasteiger partial charge < -0.3 is 15.4 Å². The molecule has 9 heteroatoms. The average Bonchev–Trinajstić information content (AvgIpc) is 2.71. The molecule has 2 fully saturated rings. The Morgan fingerprint density at radius 3 is 2.62 bits per heavy atom. The maximum Gasteiger partial charge on any atom is 0.325 e. The molecule has 2 aliphatic heterocycles. The van der Waals surface area contributed by atoms with Gasteiger partial charge in [-0.3, -0.25) is 19.4 Å². The summed E-state index contributed by atoms with van der Waals surface area (Å²) in [6.07, 6.45) is 0.803. The molecule has 2 atom stereocenters. The van der Waals surface area contributed by atoms with Crippen LogP contribution in [0.2, 0.25) is 0 Å². The molecule has 2 heterocycles. The summed E-state index contributed by atoms with van der Waals surface area (Å²) in [5.74, 6) is -1.18. The lowest BCUT2D eigenvalue weighted by Crippen LogP contribution is -2.58. The van der Waals surface area contributed by atoms with Crippen LogP contribution >= 0.6 is 0 Å². The highest BCUT2D eigenvalue weighted by Gasteiger charge is 2.38. The van der Waals surface area contributed by atoms with Gasteiger partial charge in [-0.2, -0.15) is 0 Å². The molecule has 29 heavy (non-hydrogen) atoms. The zero-order chi connectivity index (χ0) is 20.8. The smallest absolute Gasteiger partial charge is 0.325 e. The molecule has 0 spiro atoms. The first-order chi connectivity index (χ1) is 14.0. The number of urea groups is 1. The van der Waals surface area contributed by atoms with Gasteiger partial charge in [0.2, 0.25) is 11.8 Å². The molecule has 1 aromatic carbocycles. The fourth-order valence-electron chi connectivity index (χ4n) is 3.55. The topological polar surface area (TPSA) is 91.0 Å². The Kier molecular flexibility index (Phi) is 7.16. The number of halogens is 1. The largest absolute Gasteiger partial charge is 0.379 e. The summed E-state index contributed by atoms with van der Waals surface area (Å²) < 4.78 is 18.4. The van der Waals surface area contributed by atoms with E-state index in [9.17, 15) is 18.8 Å². The molecule has 2 aliphatic rings. The van der Waals surface area contributed by atoms with Crippen molar-refractivity contribution < 1.29 is 23.5 Å². The van der Waals surface area contributed by atoms with Crippen molar-refractivity contribution in [3.8, 4) is 0 Å². The SMILES string of the molecule is CC(C(=O)NCCCN1CCOCC1)N1C(=O)CC(c2ccc(F)cc2)NC1=O. The Bertz CT molecular complexity index is 719. The molecule has 4 amide bonds. The first-order valence-corrected chi connectivity index (χ1v) is 9.91. The summed E-state index contributed by atoms with van der Waals surface area (Å²) in [5.41, 5.74) is 0.646. The lowest BCUT2D eigenvalue weighted by Gasteiger charge is -2.34. The van der Waals surface area contributed by atoms with Crippen molar-refractivity contribution in [3.05, 3.63) is 35.6 Å². The number of nitrogens with one attached hydrogen (secondary N) is 2. The highest BCUT2D eigenvalue weighted by atomic mass is 19.1. The normalized spacial score (nSPS) is 21.6. The van der Waals surface area contributed by atoms with E-state index in [1.165, 1.54) is 31.2 Å². The number of carbonyl (C=O) groups is 3. The van der Waals surface area contributed by atoms with Gasteiger partial charge in [-0.1, -0.05) is 12.1 Å². The molecule has 2 N–H and O–H groups in total. The Morgan fingerprint density at radius 2 is 1.97 bits per heavy atom. The number of hydrogen-bond acceptors (Lipinski definition) is 5. The van der Waals surface area contributed by atoms with Crippen molar-refractivity contribution in [2.24, 2.45) is 0 Å². The van der Waals surface area contributed by atoms with Crippen LogP contribution in [0.1, 0.15) is 31.4 Å². The van der Waals surface area contributed by atoms with Gasteiger partial charge in [-0.05, 0) is 37.6 Å². The summed E-state index contributed by atoms with van der Waals surface area (Å²) in [4.78, 5) is 40.6. The fourth-order valence-corrected chi connectivity index (χ4v) is 3.55. The minimum atomic E-state index is -0.903. The van der Waals surface area contributed by atoms with E-state index in [2.05, 4.69) is 15.5 Å². The second kappa shape index (κ2) is 9.80. The minimum Gasteiger partial charge on any atom is -0.379 e. The summed E-state index contributed by atoms with van der Waals surface area (Å²) in [6.45, 7) is 6.11. The number of carbonyl (C=O) groups excluding carboxylic acids is 3. The number of benzene rings is 1. The fraction of sp³-hybridized carbons (Fsp3) is 0.550. The zero-order valence-electron chi connectivity index (χ0n) is 16.5. The van der Waals surface area contributed by atoms with Crippen molar-refractivity contribution in [2.75, 3.05) is 39.4 Å². The molecule has 1 aromatic rings. The molecular weight excluding hydrogens is 379 g/mol. The second-order valence-corrected chi connectivity index (χ2v) is 7.30. The summed E-state index contributed by atoms with van der Waals surface area (Å²) in [6, 6.07) is 3.58. The van der Waals surface area contributed by atoms with Crippen LogP contribution in [-0.4, -0.2) is 73.1 Å². The number of nitrogens with zero attached hydrogens (tertiary/aromatic N) is 2. The van der Waals surface area contributed by atoms with Crippen LogP contribution in [0.4, 0.5) is 9.18 Å². The van der Waals surface area contributed by atoms with Crippen LogP contribution in [-0.2, 0) is 14.3 Å². The van der Waals surface area contributed by atoms with E-state index >= 15 is 0 Å². The van der Waals surface area contributed by atoms with Crippen LogP contribution in [0.25, 0.3) is 0 Å². The summed E-state index contributed by atoms with van der Waals surface area (Å²) in [5, 5.41) is 5.52. The quantitative estimate of drug-likeness (QED) is 0.661. The summed E-state index contributed by atoms with van der Waals surface area (Å²) in [7, 11) is 0. The Labute approximate surface area is 169 Å². The number of rotatable bonds is 7. The third-order valence-corrected chi connectivity index (χ3v) is 5.26. The number of amides is 4. The van der Waals surface area contributed by atoms with Crippen molar-refractivity contribution in [3.63, 3.8) is 0 Å². The van der Waals surface area contributed by atoms with Crippen LogP contribution in [0.5, 0.6) is 0 Å². The van der Waals surface area contributed by atoms with Crippen molar-refractivity contribution in [1.29, 1.82) is 0 Å². The molecule has 3 rings (SSSR count). The molecule has 0 saturated carbocycles. The van der Waals surface area contributed by atoms with E-state index in [1.54, 1.807) is 0 Å². The van der Waals surface area contributed by atoms with Gasteiger partial charge in [0.15, 0.2) is 0 Å². The van der Waals surface area contributed by atoms with E-state index in [-0.39, 0.29) is 18.1 Å². The molecule has 158 valence electrons. The molecule has 2 saturated heterocycles. The van der Waals surface area contributed by atoms with Crippen molar-refractivity contribution in [2.45, 2.75) is 31.8 Å². The maximum atomic E-state index is 13.1.